The van der Waals surface area contributed by atoms with Crippen molar-refractivity contribution in [1.29, 1.82) is 0 Å². The summed E-state index contributed by atoms with van der Waals surface area (Å²) in [5, 5.41) is 6.90. The molecule has 8 heteroatoms. The predicted octanol–water partition coefficient (Wildman–Crippen LogP) is 4.29. The van der Waals surface area contributed by atoms with Gasteiger partial charge in [0.15, 0.2) is 11.5 Å². The zero-order valence-corrected chi connectivity index (χ0v) is 16.9. The third-order valence-electron chi connectivity index (χ3n) is 3.97. The maximum Gasteiger partial charge on any atom is 0.203 e. The Hall–Kier alpha value is -3.26. The molecule has 28 heavy (non-hydrogen) atoms. The van der Waals surface area contributed by atoms with Gasteiger partial charge in [-0.1, -0.05) is 12.1 Å². The minimum absolute atomic E-state index is 0.590. The predicted molar refractivity (Wildman–Crippen MR) is 111 cm³/mol. The van der Waals surface area contributed by atoms with Gasteiger partial charge in [-0.25, -0.2) is 4.98 Å². The molecule has 0 aliphatic carbocycles. The number of nitrogens with one attached hydrogen (secondary N) is 1. The summed E-state index contributed by atoms with van der Waals surface area (Å²) in [7, 11) is 6.39. The zero-order valence-electron chi connectivity index (χ0n) is 16.1. The molecule has 1 aromatic heterocycles. The van der Waals surface area contributed by atoms with Gasteiger partial charge in [0, 0.05) is 22.6 Å². The molecule has 0 aliphatic rings. The van der Waals surface area contributed by atoms with Crippen LogP contribution in [-0.2, 0) is 0 Å². The standard InChI is InChI=1S/C20H21N3O4S/c1-24-15-7-5-6-13(8-15)16-12-28-20(22-16)23-21-11-14-9-18(26-3)19(27-4)10-17(14)25-2/h5-12H,1-4H3,(H,22,23)/b21-11-. The van der Waals surface area contributed by atoms with Crippen molar-refractivity contribution in [1.82, 2.24) is 4.98 Å². The highest BCUT2D eigenvalue weighted by Gasteiger charge is 2.10. The summed E-state index contributed by atoms with van der Waals surface area (Å²) < 4.78 is 21.3. The largest absolute Gasteiger partial charge is 0.497 e. The topological polar surface area (TPSA) is 74.2 Å². The number of aromatic nitrogens is 1. The lowest BCUT2D eigenvalue weighted by molar-refractivity contribution is 0.349. The number of hydrazone groups is 1. The molecule has 0 radical (unpaired) electrons. The van der Waals surface area contributed by atoms with Crippen LogP contribution in [0.4, 0.5) is 5.13 Å². The van der Waals surface area contributed by atoms with Crippen LogP contribution in [0.5, 0.6) is 23.0 Å². The lowest BCUT2D eigenvalue weighted by atomic mass is 10.2. The fraction of sp³-hybridized carbons (Fsp3) is 0.200. The minimum Gasteiger partial charge on any atom is -0.497 e. The summed E-state index contributed by atoms with van der Waals surface area (Å²) in [5.74, 6) is 2.60. The third kappa shape index (κ3) is 4.34. The van der Waals surface area contributed by atoms with E-state index in [0.29, 0.717) is 22.4 Å². The second-order valence-electron chi connectivity index (χ2n) is 5.59. The number of anilines is 1. The molecule has 146 valence electrons. The van der Waals surface area contributed by atoms with Crippen molar-refractivity contribution >= 4 is 22.7 Å². The van der Waals surface area contributed by atoms with E-state index in [1.165, 1.54) is 11.3 Å². The lowest BCUT2D eigenvalue weighted by Gasteiger charge is -2.11. The van der Waals surface area contributed by atoms with Crippen molar-refractivity contribution in [3.63, 3.8) is 0 Å². The van der Waals surface area contributed by atoms with Crippen LogP contribution in [0.2, 0.25) is 0 Å². The Balaban J connectivity index is 1.76. The molecule has 0 unspecified atom stereocenters. The number of methoxy groups -OCH3 is 4. The Morgan fingerprint density at radius 1 is 0.929 bits per heavy atom. The van der Waals surface area contributed by atoms with Gasteiger partial charge in [0.05, 0.1) is 40.3 Å². The molecule has 0 aliphatic heterocycles. The summed E-state index contributed by atoms with van der Waals surface area (Å²) in [5.41, 5.74) is 5.53. The number of rotatable bonds is 8. The van der Waals surface area contributed by atoms with Gasteiger partial charge in [0.1, 0.15) is 11.5 Å². The van der Waals surface area contributed by atoms with Crippen LogP contribution >= 0.6 is 11.3 Å². The van der Waals surface area contributed by atoms with Crippen molar-refractivity contribution in [2.24, 2.45) is 5.10 Å². The summed E-state index contributed by atoms with van der Waals surface area (Å²) in [6.45, 7) is 0. The first-order chi connectivity index (χ1) is 13.7. The molecular weight excluding hydrogens is 378 g/mol. The van der Waals surface area contributed by atoms with Crippen molar-refractivity contribution in [2.75, 3.05) is 33.9 Å². The molecule has 0 spiro atoms. The van der Waals surface area contributed by atoms with E-state index >= 15 is 0 Å². The van der Waals surface area contributed by atoms with Crippen LogP contribution in [0.3, 0.4) is 0 Å². The van der Waals surface area contributed by atoms with Crippen LogP contribution in [0.25, 0.3) is 11.3 Å². The van der Waals surface area contributed by atoms with Crippen LogP contribution in [0.15, 0.2) is 46.9 Å². The Morgan fingerprint density at radius 3 is 2.39 bits per heavy atom. The lowest BCUT2D eigenvalue weighted by Crippen LogP contribution is -1.98. The van der Waals surface area contributed by atoms with E-state index in [1.54, 1.807) is 46.8 Å². The third-order valence-corrected chi connectivity index (χ3v) is 4.72. The van der Waals surface area contributed by atoms with Crippen molar-refractivity contribution in [2.45, 2.75) is 0 Å². The van der Waals surface area contributed by atoms with Crippen LogP contribution in [0.1, 0.15) is 5.56 Å². The molecule has 0 amide bonds. The minimum atomic E-state index is 0.590. The second kappa shape index (κ2) is 9.09. The Kier molecular flexibility index (Phi) is 6.33. The number of thiazole rings is 1. The van der Waals surface area contributed by atoms with Gasteiger partial charge in [-0.15, -0.1) is 11.3 Å². The SMILES string of the molecule is COc1cccc(-c2csc(N/N=C\c3cc(OC)c(OC)cc3OC)n2)c1. The maximum absolute atomic E-state index is 5.39. The van der Waals surface area contributed by atoms with Gasteiger partial charge in [0.2, 0.25) is 5.13 Å². The average Bonchev–Trinajstić information content (AvgIpc) is 3.22. The van der Waals surface area contributed by atoms with Gasteiger partial charge in [-0.05, 0) is 18.2 Å². The fourth-order valence-corrected chi connectivity index (χ4v) is 3.22. The number of hydrogen-bond donors (Lipinski definition) is 1. The molecule has 2 aromatic carbocycles. The van der Waals surface area contributed by atoms with Crippen molar-refractivity contribution < 1.29 is 18.9 Å². The maximum atomic E-state index is 5.39. The fourth-order valence-electron chi connectivity index (χ4n) is 2.55. The van der Waals surface area contributed by atoms with Crippen LogP contribution < -0.4 is 24.4 Å². The Labute approximate surface area is 167 Å². The van der Waals surface area contributed by atoms with E-state index in [0.717, 1.165) is 22.6 Å². The number of ether oxygens (including phenoxy) is 4. The van der Waals surface area contributed by atoms with Gasteiger partial charge >= 0.3 is 0 Å². The molecule has 0 fully saturated rings. The highest BCUT2D eigenvalue weighted by atomic mass is 32.1. The van der Waals surface area contributed by atoms with Gasteiger partial charge in [-0.2, -0.15) is 5.10 Å². The second-order valence-corrected chi connectivity index (χ2v) is 6.45. The quantitative estimate of drug-likeness (QED) is 0.450. The molecule has 3 rings (SSSR count). The summed E-state index contributed by atoms with van der Waals surface area (Å²) in [6.07, 6.45) is 1.65. The zero-order chi connectivity index (χ0) is 19.9. The van der Waals surface area contributed by atoms with E-state index in [2.05, 4.69) is 15.5 Å². The molecule has 0 saturated heterocycles. The van der Waals surface area contributed by atoms with E-state index in [-0.39, 0.29) is 0 Å². The first-order valence-electron chi connectivity index (χ1n) is 8.37. The summed E-state index contributed by atoms with van der Waals surface area (Å²) in [4.78, 5) is 4.55. The average molecular weight is 399 g/mol. The van der Waals surface area contributed by atoms with Crippen molar-refractivity contribution in [3.8, 4) is 34.3 Å². The molecule has 1 N–H and O–H groups in total. The van der Waals surface area contributed by atoms with E-state index in [1.807, 2.05) is 29.6 Å². The number of nitrogens with zero attached hydrogens (tertiary/aromatic N) is 2. The molecule has 7 nitrogen and oxygen atoms in total. The first-order valence-corrected chi connectivity index (χ1v) is 9.25. The molecule has 3 aromatic rings. The Morgan fingerprint density at radius 2 is 1.68 bits per heavy atom. The van der Waals surface area contributed by atoms with E-state index in [9.17, 15) is 0 Å². The number of benzene rings is 2. The van der Waals surface area contributed by atoms with Crippen LogP contribution in [0, 0.1) is 0 Å². The normalized spacial score (nSPS) is 10.7. The van der Waals surface area contributed by atoms with Crippen LogP contribution in [-0.4, -0.2) is 39.6 Å². The summed E-state index contributed by atoms with van der Waals surface area (Å²) in [6, 6.07) is 11.3. The highest BCUT2D eigenvalue weighted by Crippen LogP contribution is 2.34. The van der Waals surface area contributed by atoms with Gasteiger partial charge < -0.3 is 18.9 Å². The smallest absolute Gasteiger partial charge is 0.203 e. The Bertz CT molecular complexity index is 972. The number of hydrogen-bond acceptors (Lipinski definition) is 8. The van der Waals surface area contributed by atoms with Crippen molar-refractivity contribution in [3.05, 3.63) is 47.3 Å². The molecule has 1 heterocycles. The monoisotopic (exact) mass is 399 g/mol. The first kappa shape index (κ1) is 19.5. The molecular formula is C20H21N3O4S. The summed E-state index contributed by atoms with van der Waals surface area (Å²) >= 11 is 1.46. The molecule has 0 saturated carbocycles. The molecule has 0 atom stereocenters. The van der Waals surface area contributed by atoms with E-state index < -0.39 is 0 Å². The van der Waals surface area contributed by atoms with Gasteiger partial charge in [0.25, 0.3) is 0 Å². The highest BCUT2D eigenvalue weighted by molar-refractivity contribution is 7.14. The molecule has 0 bridgehead atoms. The van der Waals surface area contributed by atoms with E-state index in [4.69, 9.17) is 18.9 Å². The van der Waals surface area contributed by atoms with Gasteiger partial charge in [-0.3, -0.25) is 5.43 Å².